The monoisotopic (exact) mass is 398 g/mol. The van der Waals surface area contributed by atoms with Gasteiger partial charge in [0.15, 0.2) is 0 Å². The van der Waals surface area contributed by atoms with Crippen LogP contribution in [-0.2, 0) is 16.6 Å². The third-order valence-corrected chi connectivity index (χ3v) is 8.82. The van der Waals surface area contributed by atoms with Gasteiger partial charge in [0.25, 0.3) is 0 Å². The number of hydrogen-bond donors (Lipinski definition) is 2. The molecular formula is C12H19BrN2O2S3. The zero-order valence-electron chi connectivity index (χ0n) is 11.3. The number of nitrogens with one attached hydrogen (secondary N) is 1. The van der Waals surface area contributed by atoms with E-state index in [-0.39, 0.29) is 4.75 Å². The summed E-state index contributed by atoms with van der Waals surface area (Å²) < 4.78 is 28.3. The highest BCUT2D eigenvalue weighted by atomic mass is 79.9. The van der Waals surface area contributed by atoms with E-state index >= 15 is 0 Å². The number of hydrogen-bond acceptors (Lipinski definition) is 5. The average molecular weight is 399 g/mol. The number of halogens is 1. The largest absolute Gasteiger partial charge is 0.326 e. The van der Waals surface area contributed by atoms with Crippen LogP contribution in [0.2, 0.25) is 0 Å². The fourth-order valence-corrected chi connectivity index (χ4v) is 7.15. The third-order valence-electron chi connectivity index (χ3n) is 3.73. The van der Waals surface area contributed by atoms with Crippen molar-refractivity contribution in [3.8, 4) is 0 Å². The summed E-state index contributed by atoms with van der Waals surface area (Å²) in [6, 6.07) is 1.65. The number of thiophene rings is 1. The quantitative estimate of drug-likeness (QED) is 0.772. The first-order chi connectivity index (χ1) is 9.42. The van der Waals surface area contributed by atoms with E-state index in [0.29, 0.717) is 21.8 Å². The van der Waals surface area contributed by atoms with Crippen molar-refractivity contribution in [1.82, 2.24) is 4.72 Å². The second-order valence-corrected chi connectivity index (χ2v) is 10.4. The maximum atomic E-state index is 12.4. The molecule has 0 atom stereocenters. The summed E-state index contributed by atoms with van der Waals surface area (Å²) in [6.45, 7) is 0.851. The van der Waals surface area contributed by atoms with Gasteiger partial charge in [-0.2, -0.15) is 11.8 Å². The molecule has 8 heteroatoms. The van der Waals surface area contributed by atoms with Gasteiger partial charge in [-0.3, -0.25) is 0 Å². The Morgan fingerprint density at radius 3 is 2.65 bits per heavy atom. The molecule has 0 saturated heterocycles. The van der Waals surface area contributed by atoms with Crippen molar-refractivity contribution < 1.29 is 8.42 Å². The van der Waals surface area contributed by atoms with E-state index in [0.717, 1.165) is 17.7 Å². The molecule has 0 radical (unpaired) electrons. The first kappa shape index (κ1) is 16.8. The van der Waals surface area contributed by atoms with E-state index in [1.165, 1.54) is 24.2 Å². The lowest BCUT2D eigenvalue weighted by Crippen LogP contribution is -2.38. The molecule has 0 amide bonds. The molecule has 2 rings (SSSR count). The van der Waals surface area contributed by atoms with Crippen molar-refractivity contribution in [1.29, 1.82) is 0 Å². The molecule has 1 fully saturated rings. The van der Waals surface area contributed by atoms with Crippen molar-refractivity contribution in [3.63, 3.8) is 0 Å². The fraction of sp³-hybridized carbons (Fsp3) is 0.667. The van der Waals surface area contributed by atoms with Gasteiger partial charge in [0, 0.05) is 22.7 Å². The molecule has 0 spiro atoms. The van der Waals surface area contributed by atoms with E-state index < -0.39 is 10.0 Å². The van der Waals surface area contributed by atoms with Crippen molar-refractivity contribution in [2.45, 2.75) is 41.9 Å². The molecule has 1 saturated carbocycles. The summed E-state index contributed by atoms with van der Waals surface area (Å²) in [6.07, 6.45) is 6.59. The second kappa shape index (κ2) is 6.66. The molecule has 3 N–H and O–H groups in total. The lowest BCUT2D eigenvalue weighted by molar-refractivity contribution is 0.551. The van der Waals surface area contributed by atoms with Crippen LogP contribution in [0.3, 0.4) is 0 Å². The Morgan fingerprint density at radius 2 is 2.15 bits per heavy atom. The molecule has 20 heavy (non-hydrogen) atoms. The molecule has 1 aliphatic carbocycles. The van der Waals surface area contributed by atoms with Gasteiger partial charge in [0.1, 0.15) is 4.90 Å². The first-order valence-corrected chi connectivity index (χ1v) is 10.8. The van der Waals surface area contributed by atoms with Gasteiger partial charge in [-0.25, -0.2) is 13.1 Å². The molecule has 1 aliphatic rings. The van der Waals surface area contributed by atoms with Gasteiger partial charge >= 0.3 is 0 Å². The van der Waals surface area contributed by atoms with Crippen molar-refractivity contribution in [3.05, 3.63) is 14.7 Å². The van der Waals surface area contributed by atoms with Crippen LogP contribution in [0.15, 0.2) is 14.7 Å². The molecule has 4 nitrogen and oxygen atoms in total. The van der Waals surface area contributed by atoms with Crippen LogP contribution in [0, 0.1) is 0 Å². The standard InChI is InChI=1S/C12H19BrN2O2S3/c1-18-12(4-2-3-5-12)8-15-20(16,17)10-6-9(7-14)19-11(10)13/h6,15H,2-5,7-8,14H2,1H3. The summed E-state index contributed by atoms with van der Waals surface area (Å²) in [5.74, 6) is 0. The Bertz CT molecular complexity index is 565. The van der Waals surface area contributed by atoms with Crippen LogP contribution in [0.5, 0.6) is 0 Å². The van der Waals surface area contributed by atoms with E-state index in [1.54, 1.807) is 17.8 Å². The topological polar surface area (TPSA) is 72.2 Å². The number of sulfonamides is 1. The predicted octanol–water partition coefficient (Wildman–Crippen LogP) is 2.92. The highest BCUT2D eigenvalue weighted by Gasteiger charge is 2.34. The summed E-state index contributed by atoms with van der Waals surface area (Å²) >= 11 is 6.46. The molecule has 0 aliphatic heterocycles. The molecule has 114 valence electrons. The van der Waals surface area contributed by atoms with Crippen LogP contribution in [0.4, 0.5) is 0 Å². The van der Waals surface area contributed by atoms with Gasteiger partial charge in [-0.05, 0) is 41.1 Å². The van der Waals surface area contributed by atoms with Crippen molar-refractivity contribution >= 4 is 49.1 Å². The summed E-state index contributed by atoms with van der Waals surface area (Å²) in [5.41, 5.74) is 5.56. The van der Waals surface area contributed by atoms with Crippen LogP contribution >= 0.6 is 39.0 Å². The number of rotatable bonds is 6. The van der Waals surface area contributed by atoms with Crippen LogP contribution in [-0.4, -0.2) is 26.0 Å². The van der Waals surface area contributed by atoms with Gasteiger partial charge in [0.2, 0.25) is 10.0 Å². The number of nitrogens with two attached hydrogens (primary N) is 1. The summed E-state index contributed by atoms with van der Waals surface area (Å²) in [4.78, 5) is 1.16. The summed E-state index contributed by atoms with van der Waals surface area (Å²) in [5, 5.41) is 0. The third kappa shape index (κ3) is 3.59. The zero-order chi connectivity index (χ0) is 14.8. The molecule has 1 aromatic heterocycles. The fourth-order valence-electron chi connectivity index (χ4n) is 2.46. The Labute approximate surface area is 137 Å². The van der Waals surface area contributed by atoms with Crippen molar-refractivity contribution in [2.24, 2.45) is 5.73 Å². The Kier molecular flexibility index (Phi) is 5.58. The van der Waals surface area contributed by atoms with Crippen molar-refractivity contribution in [2.75, 3.05) is 12.8 Å². The maximum absolute atomic E-state index is 12.4. The van der Waals surface area contributed by atoms with Gasteiger partial charge in [0.05, 0.1) is 3.79 Å². The molecule has 1 heterocycles. The highest BCUT2D eigenvalue weighted by molar-refractivity contribution is 9.11. The maximum Gasteiger partial charge on any atom is 0.242 e. The number of thioether (sulfide) groups is 1. The predicted molar refractivity (Wildman–Crippen MR) is 89.8 cm³/mol. The molecule has 0 aromatic carbocycles. The molecular weight excluding hydrogens is 380 g/mol. The Hall–Kier alpha value is 0.400. The van der Waals surface area contributed by atoms with Gasteiger partial charge in [-0.15, -0.1) is 11.3 Å². The first-order valence-electron chi connectivity index (χ1n) is 6.45. The van der Waals surface area contributed by atoms with E-state index in [2.05, 4.69) is 26.9 Å². The lowest BCUT2D eigenvalue weighted by Gasteiger charge is -2.26. The Morgan fingerprint density at radius 1 is 1.50 bits per heavy atom. The summed E-state index contributed by atoms with van der Waals surface area (Å²) in [7, 11) is -3.47. The minimum atomic E-state index is -3.47. The average Bonchev–Trinajstić information content (AvgIpc) is 3.04. The smallest absolute Gasteiger partial charge is 0.242 e. The minimum absolute atomic E-state index is 0.0618. The van der Waals surface area contributed by atoms with Crippen LogP contribution in [0.25, 0.3) is 0 Å². The molecule has 0 bridgehead atoms. The SMILES string of the molecule is CSC1(CNS(=O)(=O)c2cc(CN)sc2Br)CCCC1. The second-order valence-electron chi connectivity index (χ2n) is 4.97. The molecule has 1 aromatic rings. The zero-order valence-corrected chi connectivity index (χ0v) is 15.4. The minimum Gasteiger partial charge on any atom is -0.326 e. The van der Waals surface area contributed by atoms with Gasteiger partial charge < -0.3 is 5.73 Å². The van der Waals surface area contributed by atoms with Crippen LogP contribution < -0.4 is 10.5 Å². The Balaban J connectivity index is 2.12. The normalized spacial score (nSPS) is 18.6. The lowest BCUT2D eigenvalue weighted by atomic mass is 10.1. The highest BCUT2D eigenvalue weighted by Crippen LogP contribution is 2.40. The van der Waals surface area contributed by atoms with E-state index in [4.69, 9.17) is 5.73 Å². The van der Waals surface area contributed by atoms with Gasteiger partial charge in [-0.1, -0.05) is 12.8 Å². The molecule has 0 unspecified atom stereocenters. The van der Waals surface area contributed by atoms with E-state index in [1.807, 2.05) is 0 Å². The van der Waals surface area contributed by atoms with Crippen LogP contribution in [0.1, 0.15) is 30.6 Å². The van der Waals surface area contributed by atoms with E-state index in [9.17, 15) is 8.42 Å².